The lowest BCUT2D eigenvalue weighted by Crippen LogP contribution is -2.39. The molecule has 0 saturated heterocycles. The number of aromatic nitrogens is 3. The maximum Gasteiger partial charge on any atom is 0.237 e. The fraction of sp³-hybridized carbons (Fsp3) is 0.500. The molecule has 8 nitrogen and oxygen atoms in total. The molecule has 0 radical (unpaired) electrons. The monoisotopic (exact) mass is 359 g/mol. The van der Waals surface area contributed by atoms with Gasteiger partial charge in [-0.25, -0.2) is 0 Å². The minimum atomic E-state index is 0.0682. The second kappa shape index (κ2) is 7.74. The maximum atomic E-state index is 12.7. The third-order valence-corrected chi connectivity index (χ3v) is 4.61. The maximum absolute atomic E-state index is 12.7. The quantitative estimate of drug-likeness (QED) is 0.793. The standard InChI is InChI=1S/C18H25N5O3/c1-13-19-20-17(22(13)3)11-21(2)12-18(24)23-7-8-26-16-9-15(25-4)6-5-14(16)10-23/h5-6,9H,7-8,10-12H2,1-4H3. The van der Waals surface area contributed by atoms with Crippen molar-refractivity contribution in [2.45, 2.75) is 20.0 Å². The van der Waals surface area contributed by atoms with Crippen LogP contribution < -0.4 is 9.47 Å². The van der Waals surface area contributed by atoms with Crippen molar-refractivity contribution in [3.05, 3.63) is 35.4 Å². The number of methoxy groups -OCH3 is 1. The van der Waals surface area contributed by atoms with Crippen LogP contribution in [-0.2, 0) is 24.9 Å². The van der Waals surface area contributed by atoms with E-state index in [0.717, 1.165) is 28.7 Å². The number of hydrogen-bond acceptors (Lipinski definition) is 6. The summed E-state index contributed by atoms with van der Waals surface area (Å²) in [4.78, 5) is 16.5. The number of benzene rings is 1. The third-order valence-electron chi connectivity index (χ3n) is 4.61. The zero-order valence-corrected chi connectivity index (χ0v) is 15.7. The first-order chi connectivity index (χ1) is 12.5. The van der Waals surface area contributed by atoms with E-state index in [1.54, 1.807) is 7.11 Å². The Bertz CT molecular complexity index is 789. The number of nitrogens with zero attached hydrogens (tertiary/aromatic N) is 5. The van der Waals surface area contributed by atoms with Gasteiger partial charge in [0.2, 0.25) is 5.91 Å². The average molecular weight is 359 g/mol. The van der Waals surface area contributed by atoms with Crippen LogP contribution in [-0.4, -0.2) is 64.3 Å². The first-order valence-electron chi connectivity index (χ1n) is 8.59. The van der Waals surface area contributed by atoms with Crippen LogP contribution in [0.1, 0.15) is 17.2 Å². The number of likely N-dealkylation sites (N-methyl/N-ethyl adjacent to an activating group) is 1. The molecule has 0 aliphatic carbocycles. The van der Waals surface area contributed by atoms with Gasteiger partial charge in [0, 0.05) is 25.2 Å². The second-order valence-corrected chi connectivity index (χ2v) is 6.53. The van der Waals surface area contributed by atoms with Crippen LogP contribution in [0.15, 0.2) is 18.2 Å². The van der Waals surface area contributed by atoms with Crippen LogP contribution in [0.2, 0.25) is 0 Å². The Balaban J connectivity index is 1.62. The molecule has 8 heteroatoms. The summed E-state index contributed by atoms with van der Waals surface area (Å²) in [6.07, 6.45) is 0. The van der Waals surface area contributed by atoms with Crippen molar-refractivity contribution in [2.24, 2.45) is 7.05 Å². The Morgan fingerprint density at radius 2 is 2.19 bits per heavy atom. The molecule has 1 aliphatic rings. The molecular formula is C18H25N5O3. The summed E-state index contributed by atoms with van der Waals surface area (Å²) >= 11 is 0. The molecular weight excluding hydrogens is 334 g/mol. The van der Waals surface area contributed by atoms with Crippen LogP contribution in [0.25, 0.3) is 0 Å². The molecule has 1 amide bonds. The number of amides is 1. The molecule has 140 valence electrons. The molecule has 0 N–H and O–H groups in total. The molecule has 2 heterocycles. The van der Waals surface area contributed by atoms with E-state index < -0.39 is 0 Å². The van der Waals surface area contributed by atoms with Gasteiger partial charge in [0.05, 0.1) is 26.7 Å². The predicted octanol–water partition coefficient (Wildman–Crippen LogP) is 0.985. The van der Waals surface area contributed by atoms with E-state index in [0.29, 0.717) is 32.8 Å². The number of hydrogen-bond donors (Lipinski definition) is 0. The molecule has 3 rings (SSSR count). The number of carbonyl (C=O) groups excluding carboxylic acids is 1. The van der Waals surface area contributed by atoms with Gasteiger partial charge < -0.3 is 18.9 Å². The third kappa shape index (κ3) is 3.96. The molecule has 0 bridgehead atoms. The van der Waals surface area contributed by atoms with E-state index in [-0.39, 0.29) is 5.91 Å². The van der Waals surface area contributed by atoms with Crippen molar-refractivity contribution < 1.29 is 14.3 Å². The zero-order chi connectivity index (χ0) is 18.7. The normalized spacial score (nSPS) is 14.0. The lowest BCUT2D eigenvalue weighted by atomic mass is 10.2. The molecule has 0 unspecified atom stereocenters. The second-order valence-electron chi connectivity index (χ2n) is 6.53. The van der Waals surface area contributed by atoms with Crippen molar-refractivity contribution in [2.75, 3.05) is 33.9 Å². The highest BCUT2D eigenvalue weighted by atomic mass is 16.5. The van der Waals surface area contributed by atoms with Crippen molar-refractivity contribution in [1.82, 2.24) is 24.6 Å². The van der Waals surface area contributed by atoms with Gasteiger partial charge in [-0.2, -0.15) is 0 Å². The van der Waals surface area contributed by atoms with Crippen LogP contribution in [0, 0.1) is 6.92 Å². The number of rotatable bonds is 5. The largest absolute Gasteiger partial charge is 0.497 e. The van der Waals surface area contributed by atoms with E-state index >= 15 is 0 Å². The Kier molecular flexibility index (Phi) is 5.41. The molecule has 0 saturated carbocycles. The summed E-state index contributed by atoms with van der Waals surface area (Å²) in [5.74, 6) is 3.30. The van der Waals surface area contributed by atoms with Gasteiger partial charge in [-0.1, -0.05) is 0 Å². The van der Waals surface area contributed by atoms with Gasteiger partial charge in [-0.05, 0) is 26.1 Å². The van der Waals surface area contributed by atoms with Crippen LogP contribution in [0.4, 0.5) is 0 Å². The summed E-state index contributed by atoms with van der Waals surface area (Å²) < 4.78 is 13.0. The summed E-state index contributed by atoms with van der Waals surface area (Å²) in [7, 11) is 5.47. The summed E-state index contributed by atoms with van der Waals surface area (Å²) in [6.45, 7) is 4.36. The van der Waals surface area contributed by atoms with Gasteiger partial charge in [0.15, 0.2) is 0 Å². The van der Waals surface area contributed by atoms with Gasteiger partial charge in [0.25, 0.3) is 0 Å². The minimum absolute atomic E-state index is 0.0682. The van der Waals surface area contributed by atoms with E-state index in [1.807, 2.05) is 53.6 Å². The average Bonchev–Trinajstić information content (AvgIpc) is 2.84. The Labute approximate surface area is 153 Å². The van der Waals surface area contributed by atoms with Crippen LogP contribution in [0.3, 0.4) is 0 Å². The molecule has 0 atom stereocenters. The molecule has 1 aliphatic heterocycles. The molecule has 26 heavy (non-hydrogen) atoms. The molecule has 0 fully saturated rings. The van der Waals surface area contributed by atoms with Gasteiger partial charge in [-0.3, -0.25) is 9.69 Å². The van der Waals surface area contributed by atoms with E-state index in [2.05, 4.69) is 10.2 Å². The fourth-order valence-corrected chi connectivity index (χ4v) is 2.91. The number of carbonyl (C=O) groups is 1. The van der Waals surface area contributed by atoms with E-state index in [9.17, 15) is 4.79 Å². The summed E-state index contributed by atoms with van der Waals surface area (Å²) in [5.41, 5.74) is 0.989. The first-order valence-corrected chi connectivity index (χ1v) is 8.59. The molecule has 0 spiro atoms. The van der Waals surface area contributed by atoms with Crippen molar-refractivity contribution in [3.8, 4) is 11.5 Å². The number of fused-ring (bicyclic) bond motifs is 1. The molecule has 1 aromatic heterocycles. The van der Waals surface area contributed by atoms with E-state index in [4.69, 9.17) is 9.47 Å². The minimum Gasteiger partial charge on any atom is -0.497 e. The van der Waals surface area contributed by atoms with Crippen molar-refractivity contribution in [1.29, 1.82) is 0 Å². The van der Waals surface area contributed by atoms with Crippen molar-refractivity contribution >= 4 is 5.91 Å². The zero-order valence-electron chi connectivity index (χ0n) is 15.7. The van der Waals surface area contributed by atoms with Crippen molar-refractivity contribution in [3.63, 3.8) is 0 Å². The lowest BCUT2D eigenvalue weighted by Gasteiger charge is -2.23. The SMILES string of the molecule is COc1ccc2c(c1)OCCN(C(=O)CN(C)Cc1nnc(C)n1C)C2. The lowest BCUT2D eigenvalue weighted by molar-refractivity contribution is -0.133. The predicted molar refractivity (Wildman–Crippen MR) is 96.0 cm³/mol. The fourth-order valence-electron chi connectivity index (χ4n) is 2.91. The summed E-state index contributed by atoms with van der Waals surface area (Å²) in [6, 6.07) is 5.70. The van der Waals surface area contributed by atoms with Gasteiger partial charge in [0.1, 0.15) is 29.8 Å². The Hall–Kier alpha value is -2.61. The van der Waals surface area contributed by atoms with Crippen LogP contribution in [0.5, 0.6) is 11.5 Å². The Morgan fingerprint density at radius 3 is 2.88 bits per heavy atom. The smallest absolute Gasteiger partial charge is 0.237 e. The Morgan fingerprint density at radius 1 is 1.38 bits per heavy atom. The topological polar surface area (TPSA) is 72.7 Å². The van der Waals surface area contributed by atoms with E-state index in [1.165, 1.54) is 0 Å². The van der Waals surface area contributed by atoms with Gasteiger partial charge >= 0.3 is 0 Å². The van der Waals surface area contributed by atoms with Gasteiger partial charge in [-0.15, -0.1) is 10.2 Å². The van der Waals surface area contributed by atoms with Crippen LogP contribution >= 0.6 is 0 Å². The highest BCUT2D eigenvalue weighted by molar-refractivity contribution is 5.78. The highest BCUT2D eigenvalue weighted by Crippen LogP contribution is 2.27. The number of ether oxygens (including phenoxy) is 2. The highest BCUT2D eigenvalue weighted by Gasteiger charge is 2.21. The molecule has 2 aromatic rings. The molecule has 1 aromatic carbocycles. The summed E-state index contributed by atoms with van der Waals surface area (Å²) in [5, 5.41) is 8.20. The number of aryl methyl sites for hydroxylation is 1. The first kappa shape index (κ1) is 18.2.